The number of halogens is 6. The van der Waals surface area contributed by atoms with Crippen LogP contribution in [0.2, 0.25) is 0 Å². The van der Waals surface area contributed by atoms with Gasteiger partial charge in [-0.05, 0) is 48.5 Å². The molecule has 19 heteroatoms. The summed E-state index contributed by atoms with van der Waals surface area (Å²) in [6.07, 6.45) is -9.51. The lowest BCUT2D eigenvalue weighted by Gasteiger charge is -2.12. The largest absolute Gasteiger partial charge is 0.493 e. The van der Waals surface area contributed by atoms with Gasteiger partial charge in [-0.3, -0.25) is 8.84 Å². The molecule has 0 unspecified atom stereocenters. The smallest absolute Gasteiger partial charge is 0.437 e. The highest BCUT2D eigenvalue weighted by atomic mass is 32.2. The summed E-state index contributed by atoms with van der Waals surface area (Å²) >= 11 is 0. The van der Waals surface area contributed by atoms with Gasteiger partial charge < -0.3 is 14.7 Å². The van der Waals surface area contributed by atoms with Crippen LogP contribution in [0.3, 0.4) is 0 Å². The minimum Gasteiger partial charge on any atom is -0.493 e. The van der Waals surface area contributed by atoms with Gasteiger partial charge in [0.05, 0.1) is 24.0 Å². The normalized spacial score (nSPS) is 12.9. The van der Waals surface area contributed by atoms with Crippen LogP contribution in [0, 0.1) is 0 Å². The zero-order valence-electron chi connectivity index (χ0n) is 21.0. The molecule has 0 aliphatic heterocycles. The summed E-state index contributed by atoms with van der Waals surface area (Å²) in [6, 6.07) is 9.10. The van der Waals surface area contributed by atoms with Crippen molar-refractivity contribution in [1.82, 2.24) is 0 Å². The molecule has 0 radical (unpaired) electrons. The first-order valence-corrected chi connectivity index (χ1v) is 13.9. The minimum atomic E-state index is -5.01. The Morgan fingerprint density at radius 3 is 1.45 bits per heavy atom. The molecule has 0 bridgehead atoms. The van der Waals surface area contributed by atoms with Crippen molar-refractivity contribution in [1.29, 1.82) is 0 Å². The van der Waals surface area contributed by atoms with Gasteiger partial charge in [0.2, 0.25) is 0 Å². The van der Waals surface area contributed by atoms with Crippen molar-refractivity contribution in [2.45, 2.75) is 18.8 Å². The van der Waals surface area contributed by atoms with Crippen LogP contribution in [0.15, 0.2) is 82.8 Å². The van der Waals surface area contributed by atoms with Crippen molar-refractivity contribution in [3.8, 4) is 11.5 Å². The molecule has 0 aromatic heterocycles. The number of hydrogen-bond donors (Lipinski definition) is 2. The fraction of sp³-hybridized carbons (Fsp3) is 0.217. The van der Waals surface area contributed by atoms with Gasteiger partial charge in [-0.1, -0.05) is 23.5 Å². The molecule has 2 aromatic carbocycles. The van der Waals surface area contributed by atoms with Gasteiger partial charge in [-0.25, -0.2) is 0 Å². The molecule has 0 aliphatic carbocycles. The SMILES string of the molecule is C=CS(=O)(=O)O.C=CS(=O)(=O)O/N=C(/c1ccc(OCCCOc2ccc(/C(=N/O)C(F)(F)F)cc2)cc1)C(F)(F)F. The van der Waals surface area contributed by atoms with E-state index in [1.54, 1.807) is 0 Å². The number of ether oxygens (including phenoxy) is 2. The van der Waals surface area contributed by atoms with Crippen molar-refractivity contribution in [3.63, 3.8) is 0 Å². The maximum absolute atomic E-state index is 13.2. The first-order chi connectivity index (χ1) is 19.3. The molecule has 0 fully saturated rings. The van der Waals surface area contributed by atoms with E-state index in [9.17, 15) is 43.2 Å². The fourth-order valence-corrected chi connectivity index (χ4v) is 2.76. The monoisotopic (exact) mass is 648 g/mol. The fourth-order valence-electron chi connectivity index (χ4n) is 2.52. The minimum absolute atomic E-state index is 0.0910. The molecule has 232 valence electrons. The zero-order chi connectivity index (χ0) is 32.2. The highest BCUT2D eigenvalue weighted by molar-refractivity contribution is 7.89. The van der Waals surface area contributed by atoms with Crippen LogP contribution >= 0.6 is 0 Å². The molecular formula is C23H22F6N2O9S2. The van der Waals surface area contributed by atoms with Gasteiger partial charge >= 0.3 is 22.5 Å². The van der Waals surface area contributed by atoms with E-state index < -0.39 is 49.6 Å². The molecule has 0 aliphatic rings. The highest BCUT2D eigenvalue weighted by Gasteiger charge is 2.39. The Labute approximate surface area is 235 Å². The second-order valence-corrected chi connectivity index (χ2v) is 10.2. The van der Waals surface area contributed by atoms with Crippen molar-refractivity contribution in [2.75, 3.05) is 13.2 Å². The molecular weight excluding hydrogens is 626 g/mol. The number of alkyl halides is 6. The zero-order valence-corrected chi connectivity index (χ0v) is 22.7. The molecule has 0 heterocycles. The lowest BCUT2D eigenvalue weighted by molar-refractivity contribution is -0.0608. The topological polar surface area (TPSA) is 161 Å². The van der Waals surface area contributed by atoms with E-state index in [0.29, 0.717) is 17.2 Å². The lowest BCUT2D eigenvalue weighted by Crippen LogP contribution is -2.24. The summed E-state index contributed by atoms with van der Waals surface area (Å²) < 4.78 is 141. The third-order valence-electron chi connectivity index (χ3n) is 4.37. The molecule has 2 rings (SSSR count). The molecule has 0 saturated carbocycles. The van der Waals surface area contributed by atoms with Crippen LogP contribution < -0.4 is 9.47 Å². The second kappa shape index (κ2) is 15.2. The van der Waals surface area contributed by atoms with Crippen molar-refractivity contribution in [3.05, 3.63) is 83.6 Å². The van der Waals surface area contributed by atoms with Crippen LogP contribution in [0.1, 0.15) is 17.5 Å². The van der Waals surface area contributed by atoms with E-state index in [1.807, 2.05) is 0 Å². The van der Waals surface area contributed by atoms with E-state index in [4.69, 9.17) is 19.2 Å². The third kappa shape index (κ3) is 13.0. The van der Waals surface area contributed by atoms with Crippen molar-refractivity contribution >= 4 is 31.7 Å². The second-order valence-electron chi connectivity index (χ2n) is 7.40. The van der Waals surface area contributed by atoms with E-state index >= 15 is 0 Å². The Morgan fingerprint density at radius 1 is 0.762 bits per heavy atom. The van der Waals surface area contributed by atoms with Gasteiger partial charge in [0, 0.05) is 17.5 Å². The molecule has 2 N–H and O–H groups in total. The number of hydrogen-bond acceptors (Lipinski definition) is 10. The van der Waals surface area contributed by atoms with E-state index in [1.165, 1.54) is 24.3 Å². The summed E-state index contributed by atoms with van der Waals surface area (Å²) in [4.78, 5) is 0. The highest BCUT2D eigenvalue weighted by Crippen LogP contribution is 2.26. The molecule has 2 aromatic rings. The van der Waals surface area contributed by atoms with E-state index in [0.717, 1.165) is 24.3 Å². The molecule has 11 nitrogen and oxygen atoms in total. The standard InChI is InChI=1S/C21H18F6N2O6S.C2H4O3S/c1-2-36(31,32)35-29-19(21(25,26)27)15-6-10-17(11-7-15)34-13-3-12-33-16-8-4-14(5-9-16)18(28-30)20(22,23)24;1-2-6(3,4)5/h2,4-11,30H,1,3,12-13H2;2H,1H2,(H,3,4,5)/b28-18-,29-19-;. The predicted molar refractivity (Wildman–Crippen MR) is 137 cm³/mol. The van der Waals surface area contributed by atoms with Crippen LogP contribution in [0.25, 0.3) is 0 Å². The molecule has 0 spiro atoms. The number of rotatable bonds is 12. The number of oxime groups is 2. The summed E-state index contributed by atoms with van der Waals surface area (Å²) in [6.45, 7) is 5.89. The van der Waals surface area contributed by atoms with Gasteiger partial charge in [-0.2, -0.15) is 43.2 Å². The molecule has 0 amide bonds. The van der Waals surface area contributed by atoms with Gasteiger partial charge in [0.1, 0.15) is 11.5 Å². The van der Waals surface area contributed by atoms with E-state index in [2.05, 4.69) is 27.8 Å². The molecule has 0 saturated heterocycles. The van der Waals surface area contributed by atoms with Crippen molar-refractivity contribution in [2.24, 2.45) is 10.3 Å². The van der Waals surface area contributed by atoms with E-state index in [-0.39, 0.29) is 30.3 Å². The Kier molecular flexibility index (Phi) is 13.0. The Hall–Kier alpha value is -4.10. The number of benzene rings is 2. The average Bonchev–Trinajstić information content (AvgIpc) is 2.89. The van der Waals surface area contributed by atoms with Gasteiger partial charge in [-0.15, -0.1) is 0 Å². The Bertz CT molecular complexity index is 1460. The van der Waals surface area contributed by atoms with Gasteiger partial charge in [0.15, 0.2) is 11.4 Å². The predicted octanol–water partition coefficient (Wildman–Crippen LogP) is 5.05. The third-order valence-corrected chi connectivity index (χ3v) is 5.48. The van der Waals surface area contributed by atoms with Crippen LogP contribution in [-0.2, 0) is 24.5 Å². The summed E-state index contributed by atoms with van der Waals surface area (Å²) in [7, 11) is -8.36. The quantitative estimate of drug-likeness (QED) is 0.0802. The lowest BCUT2D eigenvalue weighted by atomic mass is 10.1. The number of nitrogens with zero attached hydrogens (tertiary/aromatic N) is 2. The molecule has 0 atom stereocenters. The summed E-state index contributed by atoms with van der Waals surface area (Å²) in [5, 5.41) is 14.3. The van der Waals surface area contributed by atoms with Crippen LogP contribution in [0.4, 0.5) is 26.3 Å². The average molecular weight is 649 g/mol. The Morgan fingerprint density at radius 2 is 1.14 bits per heavy atom. The summed E-state index contributed by atoms with van der Waals surface area (Å²) in [5.74, 6) is 0.453. The first kappa shape index (κ1) is 35.9. The van der Waals surface area contributed by atoms with Crippen molar-refractivity contribution < 1.29 is 66.7 Å². The summed E-state index contributed by atoms with van der Waals surface area (Å²) in [5.41, 5.74) is -3.85. The van der Waals surface area contributed by atoms with Crippen LogP contribution in [-0.4, -0.2) is 63.6 Å². The maximum atomic E-state index is 13.2. The molecule has 42 heavy (non-hydrogen) atoms. The Balaban J connectivity index is 0.00000132. The van der Waals surface area contributed by atoms with Gasteiger partial charge in [0.25, 0.3) is 10.1 Å². The van der Waals surface area contributed by atoms with Crippen LogP contribution in [0.5, 0.6) is 11.5 Å². The first-order valence-electron chi connectivity index (χ1n) is 10.9. The maximum Gasteiger partial charge on any atom is 0.437 e.